The van der Waals surface area contributed by atoms with E-state index in [0.717, 1.165) is 19.1 Å². The van der Waals surface area contributed by atoms with Crippen LogP contribution in [-0.4, -0.2) is 36.1 Å². The van der Waals surface area contributed by atoms with Crippen molar-refractivity contribution in [3.63, 3.8) is 0 Å². The van der Waals surface area contributed by atoms with Gasteiger partial charge in [-0.3, -0.25) is 0 Å². The molecule has 0 spiro atoms. The fourth-order valence-corrected chi connectivity index (χ4v) is 3.63. The van der Waals surface area contributed by atoms with E-state index >= 15 is 0 Å². The zero-order valence-corrected chi connectivity index (χ0v) is 11.6. The van der Waals surface area contributed by atoms with E-state index in [1.807, 2.05) is 0 Å². The summed E-state index contributed by atoms with van der Waals surface area (Å²) in [5, 5.41) is 3.76. The van der Waals surface area contributed by atoms with Crippen LogP contribution in [0.5, 0.6) is 0 Å². The number of piperidine rings is 1. The molecule has 0 bridgehead atoms. The van der Waals surface area contributed by atoms with Gasteiger partial charge in [0.1, 0.15) is 0 Å². The van der Waals surface area contributed by atoms with Crippen LogP contribution >= 0.6 is 0 Å². The van der Waals surface area contributed by atoms with Gasteiger partial charge in [0.25, 0.3) is 0 Å². The summed E-state index contributed by atoms with van der Waals surface area (Å²) in [5.41, 5.74) is 7.61. The first-order chi connectivity index (χ1) is 9.31. The van der Waals surface area contributed by atoms with Gasteiger partial charge < -0.3 is 16.0 Å². The van der Waals surface area contributed by atoms with Crippen molar-refractivity contribution in [2.75, 3.05) is 19.6 Å². The smallest absolute Gasteiger partial charge is 0.0334 e. The summed E-state index contributed by atoms with van der Waals surface area (Å²) in [4.78, 5) is 2.65. The van der Waals surface area contributed by atoms with E-state index < -0.39 is 0 Å². The minimum atomic E-state index is 0.154. The van der Waals surface area contributed by atoms with Crippen LogP contribution in [0.1, 0.15) is 31.2 Å². The molecular weight excluding hydrogens is 234 g/mol. The molecule has 0 radical (unpaired) electrons. The minimum Gasteiger partial charge on any atom is -0.329 e. The molecule has 0 aromatic heterocycles. The van der Waals surface area contributed by atoms with Crippen molar-refractivity contribution in [2.45, 2.75) is 43.8 Å². The average Bonchev–Trinajstić information content (AvgIpc) is 2.93. The van der Waals surface area contributed by atoms with Crippen LogP contribution in [0.25, 0.3) is 0 Å². The predicted molar refractivity (Wildman–Crippen MR) is 78.9 cm³/mol. The Balaban J connectivity index is 1.63. The first-order valence-electron chi connectivity index (χ1n) is 7.54. The molecule has 2 heterocycles. The van der Waals surface area contributed by atoms with Gasteiger partial charge in [-0.15, -0.1) is 0 Å². The summed E-state index contributed by atoms with van der Waals surface area (Å²) in [7, 11) is 0. The lowest BCUT2D eigenvalue weighted by Crippen LogP contribution is -2.59. The molecule has 0 saturated carbocycles. The number of hydrogen-bond acceptors (Lipinski definition) is 3. The van der Waals surface area contributed by atoms with Crippen LogP contribution < -0.4 is 11.1 Å². The molecule has 3 heteroatoms. The van der Waals surface area contributed by atoms with E-state index in [1.165, 1.54) is 44.3 Å². The second-order valence-electron chi connectivity index (χ2n) is 6.11. The summed E-state index contributed by atoms with van der Waals surface area (Å²) >= 11 is 0. The normalized spacial score (nSPS) is 31.3. The number of nitrogens with one attached hydrogen (secondary N) is 1. The minimum absolute atomic E-state index is 0.154. The number of benzene rings is 1. The Morgan fingerprint density at radius 1 is 1.26 bits per heavy atom. The number of rotatable bonds is 4. The second kappa shape index (κ2) is 5.61. The Hall–Kier alpha value is -0.900. The molecule has 0 aliphatic carbocycles. The maximum atomic E-state index is 6.10. The Morgan fingerprint density at radius 2 is 2.11 bits per heavy atom. The highest BCUT2D eigenvalue weighted by Gasteiger charge is 2.40. The van der Waals surface area contributed by atoms with Gasteiger partial charge in [-0.2, -0.15) is 0 Å². The third-order valence-electron chi connectivity index (χ3n) is 4.90. The fraction of sp³-hybridized carbons (Fsp3) is 0.625. The highest BCUT2D eigenvalue weighted by atomic mass is 15.2. The molecule has 2 atom stereocenters. The van der Waals surface area contributed by atoms with Crippen LogP contribution in [0.15, 0.2) is 30.3 Å². The van der Waals surface area contributed by atoms with Gasteiger partial charge in [0.05, 0.1) is 0 Å². The lowest BCUT2D eigenvalue weighted by Gasteiger charge is -2.44. The third kappa shape index (κ3) is 2.83. The molecule has 104 valence electrons. The predicted octanol–water partition coefficient (Wildman–Crippen LogP) is 1.73. The Bertz CT molecular complexity index is 406. The molecule has 2 saturated heterocycles. The molecule has 2 aliphatic heterocycles. The van der Waals surface area contributed by atoms with Crippen molar-refractivity contribution in [3.8, 4) is 0 Å². The van der Waals surface area contributed by atoms with Gasteiger partial charge in [0.2, 0.25) is 0 Å². The fourth-order valence-electron chi connectivity index (χ4n) is 3.63. The van der Waals surface area contributed by atoms with Gasteiger partial charge in [-0.05, 0) is 37.8 Å². The number of nitrogens with two attached hydrogens (primary N) is 1. The highest BCUT2D eigenvalue weighted by Crippen LogP contribution is 2.32. The van der Waals surface area contributed by atoms with E-state index in [9.17, 15) is 0 Å². The number of nitrogens with zero attached hydrogens (tertiary/aromatic N) is 1. The molecule has 2 aliphatic rings. The lowest BCUT2D eigenvalue weighted by molar-refractivity contribution is 0.109. The van der Waals surface area contributed by atoms with Crippen molar-refractivity contribution in [2.24, 2.45) is 5.73 Å². The molecule has 3 nitrogen and oxygen atoms in total. The van der Waals surface area contributed by atoms with Gasteiger partial charge in [0, 0.05) is 31.2 Å². The average molecular weight is 259 g/mol. The summed E-state index contributed by atoms with van der Waals surface area (Å²) in [5.74, 6) is 0. The van der Waals surface area contributed by atoms with Gasteiger partial charge >= 0.3 is 0 Å². The SMILES string of the molecule is NCC1(NCc2ccccc2)CCN2CCCC2C1. The molecule has 2 unspecified atom stereocenters. The molecular formula is C16H25N3. The summed E-state index contributed by atoms with van der Waals surface area (Å²) < 4.78 is 0. The lowest BCUT2D eigenvalue weighted by atomic mass is 9.83. The van der Waals surface area contributed by atoms with Crippen LogP contribution in [0.3, 0.4) is 0 Å². The van der Waals surface area contributed by atoms with Crippen molar-refractivity contribution >= 4 is 0 Å². The molecule has 0 amide bonds. The molecule has 1 aromatic carbocycles. The Morgan fingerprint density at radius 3 is 2.89 bits per heavy atom. The van der Waals surface area contributed by atoms with E-state index in [1.54, 1.807) is 0 Å². The maximum Gasteiger partial charge on any atom is 0.0334 e. The monoisotopic (exact) mass is 259 g/mol. The topological polar surface area (TPSA) is 41.3 Å². The molecule has 19 heavy (non-hydrogen) atoms. The summed E-state index contributed by atoms with van der Waals surface area (Å²) in [6.07, 6.45) is 5.13. The first kappa shape index (κ1) is 13.1. The zero-order valence-electron chi connectivity index (χ0n) is 11.6. The van der Waals surface area contributed by atoms with Crippen LogP contribution in [0.2, 0.25) is 0 Å². The summed E-state index contributed by atoms with van der Waals surface area (Å²) in [6.45, 7) is 4.20. The van der Waals surface area contributed by atoms with Crippen LogP contribution in [0.4, 0.5) is 0 Å². The maximum absolute atomic E-state index is 6.10. The van der Waals surface area contributed by atoms with E-state index in [2.05, 4.69) is 40.5 Å². The molecule has 3 N–H and O–H groups in total. The van der Waals surface area contributed by atoms with Crippen molar-refractivity contribution in [1.82, 2.24) is 10.2 Å². The largest absolute Gasteiger partial charge is 0.329 e. The van der Waals surface area contributed by atoms with Crippen LogP contribution in [-0.2, 0) is 6.54 Å². The Labute approximate surface area is 116 Å². The van der Waals surface area contributed by atoms with E-state index in [4.69, 9.17) is 5.73 Å². The van der Waals surface area contributed by atoms with E-state index in [0.29, 0.717) is 0 Å². The quantitative estimate of drug-likeness (QED) is 0.865. The van der Waals surface area contributed by atoms with Gasteiger partial charge in [0.15, 0.2) is 0 Å². The summed E-state index contributed by atoms with van der Waals surface area (Å²) in [6, 6.07) is 11.4. The number of fused-ring (bicyclic) bond motifs is 1. The van der Waals surface area contributed by atoms with Crippen molar-refractivity contribution in [3.05, 3.63) is 35.9 Å². The molecule has 3 rings (SSSR count). The Kier molecular flexibility index (Phi) is 3.87. The van der Waals surface area contributed by atoms with Crippen LogP contribution in [0, 0.1) is 0 Å². The third-order valence-corrected chi connectivity index (χ3v) is 4.90. The van der Waals surface area contributed by atoms with E-state index in [-0.39, 0.29) is 5.54 Å². The zero-order chi connectivity index (χ0) is 13.1. The molecule has 2 fully saturated rings. The van der Waals surface area contributed by atoms with Crippen molar-refractivity contribution in [1.29, 1.82) is 0 Å². The standard InChI is InChI=1S/C16H25N3/c17-13-16(18-12-14-5-2-1-3-6-14)8-10-19-9-4-7-15(19)11-16/h1-3,5-6,15,18H,4,7-13,17H2. The van der Waals surface area contributed by atoms with Gasteiger partial charge in [-0.25, -0.2) is 0 Å². The first-order valence-corrected chi connectivity index (χ1v) is 7.54. The van der Waals surface area contributed by atoms with Crippen molar-refractivity contribution < 1.29 is 0 Å². The molecule has 1 aromatic rings. The second-order valence-corrected chi connectivity index (χ2v) is 6.11. The number of hydrogen-bond donors (Lipinski definition) is 2. The van der Waals surface area contributed by atoms with Gasteiger partial charge in [-0.1, -0.05) is 30.3 Å². The highest BCUT2D eigenvalue weighted by molar-refractivity contribution is 5.15.